The zero-order valence-electron chi connectivity index (χ0n) is 23.1. The first-order valence-electron chi connectivity index (χ1n) is 12.6. The molecule has 2 aromatic heterocycles. The number of hydrogen-bond donors (Lipinski definition) is 1. The topological polar surface area (TPSA) is 147 Å². The second-order valence-corrected chi connectivity index (χ2v) is 9.50. The predicted molar refractivity (Wildman–Crippen MR) is 154 cm³/mol. The standard InChI is InChI=1S/C29H27ClN4O8/c1-17-5-6-18(2)33(17)21-7-9-22(10-8-21)40-16-23-11-12-26(42-23)28(35)32-31-15-20-13-24(30)27(25(14-20)34(37)38)41-19(3)29(36)39-4/h5-15,19H,16H2,1-4H3,(H,32,35)/b31-15+/t19-/m0/s1. The molecule has 1 N–H and O–H groups in total. The molecule has 2 aromatic carbocycles. The van der Waals surface area contributed by atoms with Crippen molar-refractivity contribution in [3.63, 3.8) is 0 Å². The first-order valence-corrected chi connectivity index (χ1v) is 13.0. The summed E-state index contributed by atoms with van der Waals surface area (Å²) in [6.45, 7) is 5.55. The fourth-order valence-electron chi connectivity index (χ4n) is 4.04. The summed E-state index contributed by atoms with van der Waals surface area (Å²) in [6.07, 6.45) is 0.0374. The van der Waals surface area contributed by atoms with Gasteiger partial charge < -0.3 is 23.2 Å². The number of nitro benzene ring substituents is 1. The van der Waals surface area contributed by atoms with E-state index in [2.05, 4.69) is 32.0 Å². The van der Waals surface area contributed by atoms with Crippen molar-refractivity contribution < 1.29 is 33.1 Å². The number of amides is 1. The van der Waals surface area contributed by atoms with Gasteiger partial charge >= 0.3 is 17.6 Å². The van der Waals surface area contributed by atoms with Crippen molar-refractivity contribution >= 4 is 35.4 Å². The van der Waals surface area contributed by atoms with Gasteiger partial charge in [0.15, 0.2) is 11.9 Å². The van der Waals surface area contributed by atoms with E-state index in [-0.39, 0.29) is 28.7 Å². The number of ether oxygens (including phenoxy) is 3. The van der Waals surface area contributed by atoms with Crippen LogP contribution in [0.15, 0.2) is 70.2 Å². The number of carbonyl (C=O) groups is 2. The average Bonchev–Trinajstić information content (AvgIpc) is 3.58. The number of hydrogen-bond acceptors (Lipinski definition) is 9. The lowest BCUT2D eigenvalue weighted by molar-refractivity contribution is -0.386. The Morgan fingerprint density at radius 2 is 1.81 bits per heavy atom. The van der Waals surface area contributed by atoms with E-state index in [1.54, 1.807) is 6.07 Å². The molecule has 0 aliphatic heterocycles. The van der Waals surface area contributed by atoms with Crippen LogP contribution in [0, 0.1) is 24.0 Å². The van der Waals surface area contributed by atoms with Crippen LogP contribution in [-0.2, 0) is 16.1 Å². The van der Waals surface area contributed by atoms with Crippen LogP contribution in [0.2, 0.25) is 5.02 Å². The highest BCUT2D eigenvalue weighted by atomic mass is 35.5. The van der Waals surface area contributed by atoms with Gasteiger partial charge in [-0.3, -0.25) is 14.9 Å². The summed E-state index contributed by atoms with van der Waals surface area (Å²) >= 11 is 6.17. The largest absolute Gasteiger partial charge is 0.486 e. The zero-order chi connectivity index (χ0) is 30.4. The van der Waals surface area contributed by atoms with Crippen molar-refractivity contribution in [1.82, 2.24) is 9.99 Å². The molecule has 0 unspecified atom stereocenters. The SMILES string of the molecule is COC(=O)[C@H](C)Oc1c(Cl)cc(/C=N/NC(=O)c2ccc(COc3ccc(-n4c(C)ccc4C)cc3)o2)cc1[N+](=O)[O-]. The molecular weight excluding hydrogens is 568 g/mol. The van der Waals surface area contributed by atoms with Crippen LogP contribution >= 0.6 is 11.6 Å². The summed E-state index contributed by atoms with van der Waals surface area (Å²) in [6, 6.07) is 17.3. The molecule has 0 bridgehead atoms. The van der Waals surface area contributed by atoms with E-state index in [9.17, 15) is 19.7 Å². The summed E-state index contributed by atoms with van der Waals surface area (Å²) in [5.74, 6) is -0.625. The smallest absolute Gasteiger partial charge is 0.346 e. The quantitative estimate of drug-likeness (QED) is 0.103. The van der Waals surface area contributed by atoms with Crippen molar-refractivity contribution in [2.24, 2.45) is 5.10 Å². The molecule has 2 heterocycles. The van der Waals surface area contributed by atoms with Crippen LogP contribution in [0.1, 0.15) is 40.2 Å². The Balaban J connectivity index is 1.35. The molecule has 218 valence electrons. The van der Waals surface area contributed by atoms with Gasteiger partial charge in [0, 0.05) is 28.7 Å². The molecule has 4 rings (SSSR count). The maximum atomic E-state index is 12.5. The van der Waals surface area contributed by atoms with E-state index in [0.29, 0.717) is 11.5 Å². The number of aromatic nitrogens is 1. The number of nitrogens with zero attached hydrogens (tertiary/aromatic N) is 3. The third kappa shape index (κ3) is 6.96. The highest BCUT2D eigenvalue weighted by Crippen LogP contribution is 2.36. The second kappa shape index (κ2) is 13.0. The van der Waals surface area contributed by atoms with Gasteiger partial charge in [-0.05, 0) is 75.4 Å². The molecule has 42 heavy (non-hydrogen) atoms. The normalized spacial score (nSPS) is 11.7. The molecule has 0 aliphatic rings. The molecular formula is C29H27ClN4O8. The third-order valence-corrected chi connectivity index (χ3v) is 6.36. The number of carbonyl (C=O) groups excluding carboxylic acids is 2. The zero-order valence-corrected chi connectivity index (χ0v) is 23.9. The predicted octanol–water partition coefficient (Wildman–Crippen LogP) is 5.53. The molecule has 0 fully saturated rings. The van der Waals surface area contributed by atoms with E-state index < -0.39 is 28.6 Å². The maximum Gasteiger partial charge on any atom is 0.346 e. The fourth-order valence-corrected chi connectivity index (χ4v) is 4.30. The number of methoxy groups -OCH3 is 1. The monoisotopic (exact) mass is 594 g/mol. The van der Waals surface area contributed by atoms with Crippen LogP contribution in [-0.4, -0.2) is 40.8 Å². The summed E-state index contributed by atoms with van der Waals surface area (Å²) in [5.41, 5.74) is 5.28. The number of nitro groups is 1. The Labute approximate surface area is 245 Å². The molecule has 0 aliphatic carbocycles. The number of aryl methyl sites for hydroxylation is 2. The third-order valence-electron chi connectivity index (χ3n) is 6.08. The van der Waals surface area contributed by atoms with Gasteiger partial charge in [0.1, 0.15) is 18.1 Å². The van der Waals surface area contributed by atoms with Crippen LogP contribution < -0.4 is 14.9 Å². The van der Waals surface area contributed by atoms with Crippen molar-refractivity contribution in [3.05, 3.63) is 104 Å². The van der Waals surface area contributed by atoms with Crippen LogP contribution in [0.3, 0.4) is 0 Å². The van der Waals surface area contributed by atoms with E-state index in [1.807, 2.05) is 38.1 Å². The van der Waals surface area contributed by atoms with Gasteiger partial charge in [0.05, 0.1) is 23.3 Å². The van der Waals surface area contributed by atoms with Crippen molar-refractivity contribution in [2.75, 3.05) is 7.11 Å². The number of furan rings is 1. The lowest BCUT2D eigenvalue weighted by Gasteiger charge is -2.14. The Morgan fingerprint density at radius 3 is 2.45 bits per heavy atom. The summed E-state index contributed by atoms with van der Waals surface area (Å²) in [4.78, 5) is 35.0. The van der Waals surface area contributed by atoms with Gasteiger partial charge in [0.2, 0.25) is 5.75 Å². The Bertz CT molecular complexity index is 1620. The minimum absolute atomic E-state index is 0.00999. The minimum atomic E-state index is -1.13. The summed E-state index contributed by atoms with van der Waals surface area (Å²) in [5, 5.41) is 15.3. The van der Waals surface area contributed by atoms with Crippen molar-refractivity contribution in [1.29, 1.82) is 0 Å². The molecule has 1 amide bonds. The summed E-state index contributed by atoms with van der Waals surface area (Å²) < 4.78 is 23.4. The van der Waals surface area contributed by atoms with E-state index in [4.69, 9.17) is 25.5 Å². The molecule has 4 aromatic rings. The van der Waals surface area contributed by atoms with Gasteiger partial charge in [-0.2, -0.15) is 5.10 Å². The molecule has 0 radical (unpaired) electrons. The van der Waals surface area contributed by atoms with E-state index >= 15 is 0 Å². The van der Waals surface area contributed by atoms with Crippen LogP contribution in [0.25, 0.3) is 5.69 Å². The molecule has 0 saturated heterocycles. The van der Waals surface area contributed by atoms with Gasteiger partial charge in [-0.1, -0.05) is 11.6 Å². The highest BCUT2D eigenvalue weighted by molar-refractivity contribution is 6.32. The summed E-state index contributed by atoms with van der Waals surface area (Å²) in [7, 11) is 1.16. The number of rotatable bonds is 11. The van der Waals surface area contributed by atoms with Gasteiger partial charge in [-0.25, -0.2) is 10.2 Å². The average molecular weight is 595 g/mol. The number of benzene rings is 2. The molecule has 12 nitrogen and oxygen atoms in total. The Morgan fingerprint density at radius 1 is 1.12 bits per heavy atom. The number of nitrogens with one attached hydrogen (secondary N) is 1. The first kappa shape index (κ1) is 29.9. The number of esters is 1. The van der Waals surface area contributed by atoms with Crippen LogP contribution in [0.5, 0.6) is 11.5 Å². The Hall–Kier alpha value is -5.10. The number of hydrazone groups is 1. The lowest BCUT2D eigenvalue weighted by atomic mass is 10.2. The number of halogens is 1. The van der Waals surface area contributed by atoms with Gasteiger partial charge in [-0.15, -0.1) is 0 Å². The molecule has 13 heteroatoms. The van der Waals surface area contributed by atoms with Gasteiger partial charge in [0.25, 0.3) is 0 Å². The van der Waals surface area contributed by atoms with E-state index in [1.165, 1.54) is 19.1 Å². The van der Waals surface area contributed by atoms with E-state index in [0.717, 1.165) is 36.5 Å². The second-order valence-electron chi connectivity index (χ2n) is 9.09. The molecule has 1 atom stereocenters. The minimum Gasteiger partial charge on any atom is -0.486 e. The van der Waals surface area contributed by atoms with Crippen molar-refractivity contribution in [2.45, 2.75) is 33.5 Å². The first-order chi connectivity index (χ1) is 20.1. The molecule has 0 spiro atoms. The highest BCUT2D eigenvalue weighted by Gasteiger charge is 2.25. The molecule has 0 saturated carbocycles. The Kier molecular flexibility index (Phi) is 9.28. The lowest BCUT2D eigenvalue weighted by Crippen LogP contribution is -2.25. The van der Waals surface area contributed by atoms with Crippen molar-refractivity contribution in [3.8, 4) is 17.2 Å². The van der Waals surface area contributed by atoms with Crippen LogP contribution in [0.4, 0.5) is 5.69 Å². The maximum absolute atomic E-state index is 12.5. The fraction of sp³-hybridized carbons (Fsp3) is 0.207.